The monoisotopic (exact) mass is 319 g/mol. The molecule has 1 saturated heterocycles. The van der Waals surface area contributed by atoms with Crippen molar-refractivity contribution in [3.05, 3.63) is 5.21 Å². The second-order valence-electron chi connectivity index (χ2n) is 5.83. The van der Waals surface area contributed by atoms with Gasteiger partial charge in [-0.25, -0.2) is 4.79 Å². The molecule has 1 aliphatic heterocycles. The van der Waals surface area contributed by atoms with Crippen LogP contribution in [0, 0.1) is 11.1 Å². The molecule has 0 bridgehead atoms. The van der Waals surface area contributed by atoms with Gasteiger partial charge in [0, 0.05) is 6.92 Å². The number of carbonyl (C=O) groups is 2. The molecule has 1 N–H and O–H groups in total. The lowest BCUT2D eigenvalue weighted by atomic mass is 10.1. The minimum absolute atomic E-state index is 0.0486. The van der Waals surface area contributed by atoms with E-state index in [0.717, 1.165) is 0 Å². The summed E-state index contributed by atoms with van der Waals surface area (Å²) in [5.74, 6) is -1.57. The topological polar surface area (TPSA) is 124 Å². The molecule has 1 heterocycles. The van der Waals surface area contributed by atoms with E-state index in [2.05, 4.69) is 5.28 Å². The summed E-state index contributed by atoms with van der Waals surface area (Å²) >= 11 is 0. The molecule has 0 aromatic heterocycles. The van der Waals surface area contributed by atoms with Gasteiger partial charge in [-0.05, 0) is 27.2 Å². The number of carbonyl (C=O) groups excluding carboxylic acids is 1. The van der Waals surface area contributed by atoms with Gasteiger partial charge in [0.1, 0.15) is 5.60 Å². The zero-order valence-corrected chi connectivity index (χ0v) is 13.0. The summed E-state index contributed by atoms with van der Waals surface area (Å²) in [6.07, 6.45) is -1.71. The standard InChI is InChI=1S/C12H21N3O7/c1-8(20-11(18)21-12(2,3)4)22-13-15(19)14-6-5-9(7-14)10(16)17/h8-9H,5-7H2,1-4H3,(H,16,17). The molecule has 126 valence electrons. The third-order valence-corrected chi connectivity index (χ3v) is 2.68. The number of carboxylic acid groups (broad SMARTS) is 1. The molecule has 22 heavy (non-hydrogen) atoms. The van der Waals surface area contributed by atoms with E-state index >= 15 is 0 Å². The van der Waals surface area contributed by atoms with Gasteiger partial charge in [-0.1, -0.05) is 0 Å². The van der Waals surface area contributed by atoms with Crippen molar-refractivity contribution >= 4 is 12.1 Å². The number of rotatable bonds is 5. The lowest BCUT2D eigenvalue weighted by Gasteiger charge is -2.19. The summed E-state index contributed by atoms with van der Waals surface area (Å²) in [5.41, 5.74) is -0.708. The number of carboxylic acids is 1. The van der Waals surface area contributed by atoms with E-state index in [0.29, 0.717) is 6.42 Å². The van der Waals surface area contributed by atoms with E-state index in [1.807, 2.05) is 0 Å². The summed E-state index contributed by atoms with van der Waals surface area (Å²) in [4.78, 5) is 27.0. The van der Waals surface area contributed by atoms with Gasteiger partial charge < -0.3 is 19.8 Å². The Morgan fingerprint density at radius 3 is 2.59 bits per heavy atom. The molecule has 2 unspecified atom stereocenters. The Kier molecular flexibility index (Phi) is 5.77. The third kappa shape index (κ3) is 6.02. The quantitative estimate of drug-likeness (QED) is 0.266. The largest absolute Gasteiger partial charge is 0.569 e. The molecule has 1 rings (SSSR count). The van der Waals surface area contributed by atoms with Gasteiger partial charge in [-0.3, -0.25) is 9.63 Å². The molecule has 0 saturated carbocycles. The van der Waals surface area contributed by atoms with Gasteiger partial charge in [0.15, 0.2) is 0 Å². The molecular weight excluding hydrogens is 298 g/mol. The normalized spacial score (nSPS) is 20.5. The summed E-state index contributed by atoms with van der Waals surface area (Å²) in [6, 6.07) is 0. The molecular formula is C12H21N3O7. The van der Waals surface area contributed by atoms with Crippen molar-refractivity contribution in [3.8, 4) is 0 Å². The summed E-state index contributed by atoms with van der Waals surface area (Å²) in [7, 11) is 0. The first-order chi connectivity index (χ1) is 10.1. The molecule has 0 aromatic carbocycles. The third-order valence-electron chi connectivity index (χ3n) is 2.68. The van der Waals surface area contributed by atoms with Crippen LogP contribution in [0.2, 0.25) is 0 Å². The lowest BCUT2D eigenvalue weighted by molar-refractivity contribution is -0.709. The highest BCUT2D eigenvalue weighted by atomic mass is 16.8. The average molecular weight is 319 g/mol. The van der Waals surface area contributed by atoms with Crippen molar-refractivity contribution in [2.75, 3.05) is 13.1 Å². The molecule has 0 spiro atoms. The van der Waals surface area contributed by atoms with Crippen LogP contribution in [0.15, 0.2) is 5.28 Å². The Hall–Kier alpha value is -2.26. The number of nitrogens with zero attached hydrogens (tertiary/aromatic N) is 3. The summed E-state index contributed by atoms with van der Waals surface area (Å²) < 4.78 is 9.65. The van der Waals surface area contributed by atoms with Crippen molar-refractivity contribution < 1.29 is 34.0 Å². The number of hydrazine groups is 1. The van der Waals surface area contributed by atoms with Crippen LogP contribution >= 0.6 is 0 Å². The van der Waals surface area contributed by atoms with Gasteiger partial charge >= 0.3 is 12.1 Å². The molecule has 1 fully saturated rings. The predicted octanol–water partition coefficient (Wildman–Crippen LogP) is 1.50. The molecule has 2 atom stereocenters. The maximum absolute atomic E-state index is 11.6. The van der Waals surface area contributed by atoms with Crippen LogP contribution in [-0.2, 0) is 19.1 Å². The van der Waals surface area contributed by atoms with Gasteiger partial charge in [-0.15, -0.1) is 5.01 Å². The fraction of sp³-hybridized carbons (Fsp3) is 0.833. The zero-order valence-electron chi connectivity index (χ0n) is 13.0. The van der Waals surface area contributed by atoms with Crippen LogP contribution in [0.25, 0.3) is 0 Å². The fourth-order valence-electron chi connectivity index (χ4n) is 1.69. The van der Waals surface area contributed by atoms with Gasteiger partial charge in [0.2, 0.25) is 5.28 Å². The number of hydrogen-bond donors (Lipinski definition) is 1. The Labute approximate surface area is 127 Å². The van der Waals surface area contributed by atoms with Crippen molar-refractivity contribution in [2.45, 2.75) is 46.0 Å². The van der Waals surface area contributed by atoms with E-state index in [-0.39, 0.29) is 18.1 Å². The highest BCUT2D eigenvalue weighted by molar-refractivity contribution is 5.70. The van der Waals surface area contributed by atoms with E-state index < -0.39 is 29.9 Å². The Morgan fingerprint density at radius 2 is 2.09 bits per heavy atom. The van der Waals surface area contributed by atoms with Crippen LogP contribution in [0.4, 0.5) is 4.79 Å². The molecule has 0 amide bonds. The molecule has 10 heteroatoms. The zero-order chi connectivity index (χ0) is 16.9. The maximum atomic E-state index is 11.6. The Bertz CT molecular complexity index is 446. The van der Waals surface area contributed by atoms with Crippen molar-refractivity contribution in [1.29, 1.82) is 0 Å². The first kappa shape index (κ1) is 17.8. The SMILES string of the molecule is CC(ON=[N+]([O-])N1CCC(C(=O)O)C1)OC(=O)OC(C)(C)C. The molecule has 0 aromatic rings. The van der Waals surface area contributed by atoms with Gasteiger partial charge in [0.25, 0.3) is 6.29 Å². The smallest absolute Gasteiger partial charge is 0.511 e. The highest BCUT2D eigenvalue weighted by Gasteiger charge is 2.33. The maximum Gasteiger partial charge on any atom is 0.511 e. The van der Waals surface area contributed by atoms with Crippen LogP contribution in [0.1, 0.15) is 34.1 Å². The summed E-state index contributed by atoms with van der Waals surface area (Å²) in [5, 5.41) is 24.9. The van der Waals surface area contributed by atoms with E-state index in [4.69, 9.17) is 19.4 Å². The Morgan fingerprint density at radius 1 is 1.45 bits per heavy atom. The lowest BCUT2D eigenvalue weighted by Crippen LogP contribution is -2.31. The fourth-order valence-corrected chi connectivity index (χ4v) is 1.69. The molecule has 0 aliphatic carbocycles. The van der Waals surface area contributed by atoms with Crippen molar-refractivity contribution in [1.82, 2.24) is 5.01 Å². The number of aliphatic carboxylic acids is 1. The first-order valence-electron chi connectivity index (χ1n) is 6.80. The van der Waals surface area contributed by atoms with Crippen molar-refractivity contribution in [2.24, 2.45) is 11.2 Å². The average Bonchev–Trinajstić information content (AvgIpc) is 2.83. The van der Waals surface area contributed by atoms with Crippen LogP contribution in [0.5, 0.6) is 0 Å². The van der Waals surface area contributed by atoms with Crippen LogP contribution in [-0.4, -0.2) is 52.2 Å². The van der Waals surface area contributed by atoms with Gasteiger partial charge in [-0.2, -0.15) is 0 Å². The van der Waals surface area contributed by atoms with Crippen molar-refractivity contribution in [3.63, 3.8) is 0 Å². The summed E-state index contributed by atoms with van der Waals surface area (Å²) in [6.45, 7) is 6.70. The first-order valence-corrected chi connectivity index (χ1v) is 6.80. The van der Waals surface area contributed by atoms with E-state index in [1.54, 1.807) is 20.8 Å². The van der Waals surface area contributed by atoms with E-state index in [1.165, 1.54) is 11.9 Å². The second-order valence-corrected chi connectivity index (χ2v) is 5.83. The Balaban J connectivity index is 2.40. The highest BCUT2D eigenvalue weighted by Crippen LogP contribution is 2.16. The number of ether oxygens (including phenoxy) is 2. The predicted molar refractivity (Wildman–Crippen MR) is 71.2 cm³/mol. The molecule has 10 nitrogen and oxygen atoms in total. The number of hydrogen-bond acceptors (Lipinski definition) is 7. The minimum Gasteiger partial charge on any atom is -0.569 e. The second kappa shape index (κ2) is 7.14. The van der Waals surface area contributed by atoms with E-state index in [9.17, 15) is 14.8 Å². The van der Waals surface area contributed by atoms with Crippen LogP contribution < -0.4 is 0 Å². The van der Waals surface area contributed by atoms with Crippen LogP contribution in [0.3, 0.4) is 0 Å². The molecule has 1 aliphatic rings. The van der Waals surface area contributed by atoms with Gasteiger partial charge in [0.05, 0.1) is 24.0 Å². The molecule has 0 radical (unpaired) electrons. The minimum atomic E-state index is -1.12.